The van der Waals surface area contributed by atoms with Gasteiger partial charge in [0, 0.05) is 29.3 Å². The Morgan fingerprint density at radius 3 is 2.23 bits per heavy atom. The minimum atomic E-state index is -1.26. The first-order chi connectivity index (χ1) is 14.2. The van der Waals surface area contributed by atoms with Crippen molar-refractivity contribution in [3.63, 3.8) is 0 Å². The van der Waals surface area contributed by atoms with E-state index in [1.165, 1.54) is 0 Å². The first-order valence-electron chi connectivity index (χ1n) is 9.36. The molecule has 0 saturated heterocycles. The van der Waals surface area contributed by atoms with Gasteiger partial charge in [-0.2, -0.15) is 0 Å². The zero-order valence-electron chi connectivity index (χ0n) is 16.3. The highest BCUT2D eigenvalue weighted by atomic mass is 19.1. The molecule has 3 aromatic rings. The third-order valence-corrected chi connectivity index (χ3v) is 4.89. The number of ether oxygens (including phenoxy) is 1. The second-order valence-electron chi connectivity index (χ2n) is 7.70. The molecule has 1 fully saturated rings. The number of aromatic nitrogens is 3. The molecule has 0 bridgehead atoms. The van der Waals surface area contributed by atoms with Crippen molar-refractivity contribution in [3.8, 4) is 17.1 Å². The summed E-state index contributed by atoms with van der Waals surface area (Å²) in [6.07, 6.45) is 1.79. The first-order valence-corrected chi connectivity index (χ1v) is 9.36. The lowest BCUT2D eigenvalue weighted by molar-refractivity contribution is 0.0822. The zero-order valence-corrected chi connectivity index (χ0v) is 16.3. The van der Waals surface area contributed by atoms with Crippen LogP contribution in [0.1, 0.15) is 48.9 Å². The average molecular weight is 416 g/mol. The van der Waals surface area contributed by atoms with Gasteiger partial charge in [0.2, 0.25) is 5.91 Å². The first kappa shape index (κ1) is 19.9. The van der Waals surface area contributed by atoms with Gasteiger partial charge in [-0.25, -0.2) is 13.2 Å². The van der Waals surface area contributed by atoms with Crippen molar-refractivity contribution in [1.82, 2.24) is 14.8 Å². The number of hydrogen-bond acceptors (Lipinski definition) is 4. The van der Waals surface area contributed by atoms with Gasteiger partial charge in [0.15, 0.2) is 34.6 Å². The van der Waals surface area contributed by atoms with Crippen LogP contribution in [0, 0.1) is 17.5 Å². The minimum Gasteiger partial charge on any atom is -0.474 e. The number of carbonyl (C=O) groups excluding carboxylic acids is 1. The van der Waals surface area contributed by atoms with Crippen LogP contribution in [0.15, 0.2) is 36.4 Å². The number of nitrogens with two attached hydrogens (primary N) is 1. The lowest BCUT2D eigenvalue weighted by Gasteiger charge is -2.27. The summed E-state index contributed by atoms with van der Waals surface area (Å²) in [5.41, 5.74) is 5.09. The number of primary amides is 1. The molecule has 2 N–H and O–H groups in total. The molecular weight excluding hydrogens is 397 g/mol. The van der Waals surface area contributed by atoms with Gasteiger partial charge in [-0.05, 0) is 38.8 Å². The molecular formula is C21H19F3N4O2. The van der Waals surface area contributed by atoms with Crippen molar-refractivity contribution in [2.24, 2.45) is 5.73 Å². The molecule has 1 aliphatic carbocycles. The maximum Gasteiger partial charge on any atom is 0.248 e. The molecule has 1 amide bonds. The van der Waals surface area contributed by atoms with E-state index in [1.807, 2.05) is 4.57 Å². The fraction of sp³-hybridized carbons (Fsp3) is 0.286. The molecule has 6 nitrogen and oxygen atoms in total. The molecule has 0 radical (unpaired) electrons. The van der Waals surface area contributed by atoms with Crippen LogP contribution < -0.4 is 10.5 Å². The van der Waals surface area contributed by atoms with E-state index in [9.17, 15) is 18.0 Å². The summed E-state index contributed by atoms with van der Waals surface area (Å²) >= 11 is 0. The van der Waals surface area contributed by atoms with Crippen LogP contribution in [0.4, 0.5) is 13.2 Å². The number of hydrogen-bond donors (Lipinski definition) is 1. The van der Waals surface area contributed by atoms with Crippen LogP contribution in [0.2, 0.25) is 0 Å². The molecule has 9 heteroatoms. The second-order valence-corrected chi connectivity index (χ2v) is 7.70. The summed E-state index contributed by atoms with van der Waals surface area (Å²) in [4.78, 5) is 11.3. The summed E-state index contributed by atoms with van der Waals surface area (Å²) < 4.78 is 48.9. The van der Waals surface area contributed by atoms with E-state index in [-0.39, 0.29) is 6.04 Å². The fourth-order valence-corrected chi connectivity index (χ4v) is 3.29. The van der Waals surface area contributed by atoms with Crippen molar-refractivity contribution in [2.75, 3.05) is 0 Å². The Morgan fingerprint density at radius 1 is 1.10 bits per heavy atom. The highest BCUT2D eigenvalue weighted by molar-refractivity contribution is 5.93. The molecule has 1 heterocycles. The maximum atomic E-state index is 14.1. The summed E-state index contributed by atoms with van der Waals surface area (Å²) in [6.45, 7) is 3.22. The van der Waals surface area contributed by atoms with Crippen molar-refractivity contribution >= 4 is 5.91 Å². The summed E-state index contributed by atoms with van der Waals surface area (Å²) in [5, 5.41) is 8.49. The topological polar surface area (TPSA) is 83.0 Å². The van der Waals surface area contributed by atoms with Gasteiger partial charge in [-0.1, -0.05) is 12.1 Å². The predicted octanol–water partition coefficient (Wildman–Crippen LogP) is 4.11. The third kappa shape index (κ3) is 3.62. The van der Waals surface area contributed by atoms with Crippen molar-refractivity contribution in [3.05, 3.63) is 65.2 Å². The lowest BCUT2D eigenvalue weighted by atomic mass is 10.1. The maximum absolute atomic E-state index is 14.1. The monoisotopic (exact) mass is 416 g/mol. The predicted molar refractivity (Wildman–Crippen MR) is 102 cm³/mol. The van der Waals surface area contributed by atoms with Crippen LogP contribution in [-0.2, 0) is 5.60 Å². The van der Waals surface area contributed by atoms with Crippen LogP contribution in [0.25, 0.3) is 11.4 Å². The van der Waals surface area contributed by atoms with Crippen molar-refractivity contribution in [1.29, 1.82) is 0 Å². The number of benzene rings is 2. The SMILES string of the molecule is CC(C)(Oc1c(F)cc(F)cc1F)c1nnc(-c2ccc(C(N)=O)cc2)n1C1CC1. The second kappa shape index (κ2) is 7.16. The van der Waals surface area contributed by atoms with Gasteiger partial charge in [0.25, 0.3) is 0 Å². The van der Waals surface area contributed by atoms with Crippen LogP contribution in [0.5, 0.6) is 5.75 Å². The summed E-state index contributed by atoms with van der Waals surface area (Å²) in [7, 11) is 0. The molecule has 156 valence electrons. The summed E-state index contributed by atoms with van der Waals surface area (Å²) in [5.74, 6) is -3.61. The molecule has 4 rings (SSSR count). The molecule has 0 aliphatic heterocycles. The highest BCUT2D eigenvalue weighted by Crippen LogP contribution is 2.42. The Hall–Kier alpha value is -3.36. The standard InChI is InChI=1S/C21H19F3N4O2/c1-21(2,30-17-15(23)9-13(22)10-16(17)24)20-27-26-19(28(20)14-7-8-14)12-5-3-11(4-6-12)18(25)29/h3-6,9-10,14H,7-8H2,1-2H3,(H2,25,29). The van der Waals surface area contributed by atoms with Gasteiger partial charge >= 0.3 is 0 Å². The fourth-order valence-electron chi connectivity index (χ4n) is 3.29. The largest absolute Gasteiger partial charge is 0.474 e. The number of amides is 1. The highest BCUT2D eigenvalue weighted by Gasteiger charge is 2.38. The Morgan fingerprint density at radius 2 is 1.70 bits per heavy atom. The molecule has 0 atom stereocenters. The summed E-state index contributed by atoms with van der Waals surface area (Å²) in [6, 6.07) is 7.84. The van der Waals surface area contributed by atoms with Crippen molar-refractivity contribution < 1.29 is 22.7 Å². The Kier molecular flexibility index (Phi) is 4.76. The molecule has 2 aromatic carbocycles. The molecule has 1 aromatic heterocycles. The van der Waals surface area contributed by atoms with Gasteiger partial charge in [0.05, 0.1) is 0 Å². The number of rotatable bonds is 6. The number of carbonyl (C=O) groups is 1. The smallest absolute Gasteiger partial charge is 0.248 e. The molecule has 30 heavy (non-hydrogen) atoms. The van der Waals surface area contributed by atoms with E-state index in [2.05, 4.69) is 10.2 Å². The van der Waals surface area contributed by atoms with E-state index in [0.29, 0.717) is 34.9 Å². The van der Waals surface area contributed by atoms with E-state index in [1.54, 1.807) is 38.1 Å². The Bertz CT molecular complexity index is 1100. The normalized spacial score (nSPS) is 14.0. The Labute approximate surface area is 170 Å². The molecule has 0 unspecified atom stereocenters. The molecule has 1 saturated carbocycles. The molecule has 1 aliphatic rings. The van der Waals surface area contributed by atoms with E-state index in [4.69, 9.17) is 10.5 Å². The van der Waals surface area contributed by atoms with Gasteiger partial charge in [-0.3, -0.25) is 4.79 Å². The minimum absolute atomic E-state index is 0.117. The van der Waals surface area contributed by atoms with E-state index >= 15 is 0 Å². The van der Waals surface area contributed by atoms with Crippen LogP contribution in [-0.4, -0.2) is 20.7 Å². The van der Waals surface area contributed by atoms with Gasteiger partial charge in [0.1, 0.15) is 5.82 Å². The molecule has 0 spiro atoms. The van der Waals surface area contributed by atoms with E-state index in [0.717, 1.165) is 12.8 Å². The quantitative estimate of drug-likeness (QED) is 0.656. The van der Waals surface area contributed by atoms with E-state index < -0.39 is 34.7 Å². The van der Waals surface area contributed by atoms with Crippen molar-refractivity contribution in [2.45, 2.75) is 38.3 Å². The lowest BCUT2D eigenvalue weighted by Crippen LogP contribution is -2.30. The van der Waals surface area contributed by atoms with Crippen LogP contribution in [0.3, 0.4) is 0 Å². The Balaban J connectivity index is 1.73. The van der Waals surface area contributed by atoms with Gasteiger partial charge in [-0.15, -0.1) is 10.2 Å². The third-order valence-electron chi connectivity index (χ3n) is 4.89. The van der Waals surface area contributed by atoms with Crippen LogP contribution >= 0.6 is 0 Å². The van der Waals surface area contributed by atoms with Gasteiger partial charge < -0.3 is 15.0 Å². The number of halogens is 3. The zero-order chi connectivity index (χ0) is 21.6. The average Bonchev–Trinajstić information content (AvgIpc) is 3.42. The number of nitrogens with zero attached hydrogens (tertiary/aromatic N) is 3.